The van der Waals surface area contributed by atoms with Crippen molar-refractivity contribution < 1.29 is 9.53 Å². The highest BCUT2D eigenvalue weighted by atomic mass is 32.2. The van der Waals surface area contributed by atoms with Crippen molar-refractivity contribution in [2.75, 3.05) is 7.11 Å². The van der Waals surface area contributed by atoms with Crippen molar-refractivity contribution in [3.63, 3.8) is 0 Å². The van der Waals surface area contributed by atoms with E-state index in [1.165, 1.54) is 7.11 Å². The van der Waals surface area contributed by atoms with Crippen LogP contribution in [0, 0.1) is 6.92 Å². The number of thioether (sulfide) groups is 1. The van der Waals surface area contributed by atoms with Gasteiger partial charge in [-0.3, -0.25) is 4.79 Å². The highest BCUT2D eigenvalue weighted by Crippen LogP contribution is 2.21. The van der Waals surface area contributed by atoms with Gasteiger partial charge in [-0.2, -0.15) is 11.8 Å². The summed E-state index contributed by atoms with van der Waals surface area (Å²) >= 11 is 1.66. The van der Waals surface area contributed by atoms with Gasteiger partial charge in [-0.05, 0) is 13.0 Å². The number of benzene rings is 1. The minimum absolute atomic E-state index is 0.180. The Morgan fingerprint density at radius 3 is 2.85 bits per heavy atom. The molecule has 1 aromatic heterocycles. The third kappa shape index (κ3) is 3.70. The summed E-state index contributed by atoms with van der Waals surface area (Å²) in [5.74, 6) is 1.33. The third-order valence-electron chi connectivity index (χ3n) is 3.02. The lowest BCUT2D eigenvalue weighted by molar-refractivity contribution is -0.140. The summed E-state index contributed by atoms with van der Waals surface area (Å²) in [7, 11) is 1.41. The van der Waals surface area contributed by atoms with Crippen molar-refractivity contribution in [1.82, 2.24) is 9.97 Å². The van der Waals surface area contributed by atoms with Crippen LogP contribution in [0.25, 0.3) is 10.9 Å². The molecule has 0 aliphatic carbocycles. The predicted octanol–water partition coefficient (Wildman–Crippen LogP) is 3.12. The van der Waals surface area contributed by atoms with Crippen LogP contribution in [0.5, 0.6) is 0 Å². The van der Waals surface area contributed by atoms with E-state index in [1.807, 2.05) is 38.1 Å². The van der Waals surface area contributed by atoms with E-state index in [9.17, 15) is 4.79 Å². The highest BCUT2D eigenvalue weighted by molar-refractivity contribution is 7.99. The fraction of sp³-hybridized carbons (Fsp3) is 0.400. The molecule has 2 rings (SSSR count). The molecule has 0 saturated carbocycles. The van der Waals surface area contributed by atoms with Crippen molar-refractivity contribution in [2.24, 2.45) is 0 Å². The second-order valence-electron chi connectivity index (χ2n) is 4.64. The molecule has 0 saturated heterocycles. The zero-order valence-electron chi connectivity index (χ0n) is 11.9. The minimum atomic E-state index is -0.180. The standard InChI is InChI=1S/C15H18N2O2S/c1-10(8-15(18)19-3)20-9-14-16-11(2)12-6-4-5-7-13(12)17-14/h4-7,10H,8-9H2,1-3H3/t10-/m0/s1. The van der Waals surface area contributed by atoms with E-state index in [-0.39, 0.29) is 11.2 Å². The van der Waals surface area contributed by atoms with Gasteiger partial charge in [0.15, 0.2) is 0 Å². The molecule has 4 nitrogen and oxygen atoms in total. The molecule has 0 N–H and O–H groups in total. The van der Waals surface area contributed by atoms with Crippen LogP contribution < -0.4 is 0 Å². The number of methoxy groups -OCH3 is 1. The first-order valence-corrected chi connectivity index (χ1v) is 7.55. The average molecular weight is 290 g/mol. The summed E-state index contributed by atoms with van der Waals surface area (Å²) in [5, 5.41) is 1.28. The molecule has 2 aromatic rings. The van der Waals surface area contributed by atoms with Gasteiger partial charge in [-0.1, -0.05) is 25.1 Å². The maximum absolute atomic E-state index is 11.2. The summed E-state index contributed by atoms with van der Waals surface area (Å²) in [4.78, 5) is 20.3. The van der Waals surface area contributed by atoms with Crippen LogP contribution in [-0.2, 0) is 15.3 Å². The maximum atomic E-state index is 11.2. The molecular formula is C15H18N2O2S. The number of hydrogen-bond acceptors (Lipinski definition) is 5. The van der Waals surface area contributed by atoms with Gasteiger partial charge in [-0.25, -0.2) is 9.97 Å². The maximum Gasteiger partial charge on any atom is 0.306 e. The van der Waals surface area contributed by atoms with E-state index in [0.29, 0.717) is 12.2 Å². The molecule has 1 heterocycles. The second kappa shape index (κ2) is 6.70. The van der Waals surface area contributed by atoms with E-state index in [1.54, 1.807) is 11.8 Å². The third-order valence-corrected chi connectivity index (χ3v) is 4.18. The van der Waals surface area contributed by atoms with E-state index in [4.69, 9.17) is 0 Å². The molecule has 0 bridgehead atoms. The van der Waals surface area contributed by atoms with Crippen LogP contribution in [0.1, 0.15) is 24.9 Å². The second-order valence-corrected chi connectivity index (χ2v) is 6.07. The van der Waals surface area contributed by atoms with E-state index < -0.39 is 0 Å². The van der Waals surface area contributed by atoms with Gasteiger partial charge in [0.2, 0.25) is 0 Å². The number of aryl methyl sites for hydroxylation is 1. The summed E-state index contributed by atoms with van der Waals surface area (Å²) in [6.45, 7) is 4.01. The Bertz CT molecular complexity index is 616. The number of para-hydroxylation sites is 1. The molecule has 0 aliphatic heterocycles. The summed E-state index contributed by atoms with van der Waals surface area (Å²) < 4.78 is 4.67. The van der Waals surface area contributed by atoms with Gasteiger partial charge >= 0.3 is 5.97 Å². The largest absolute Gasteiger partial charge is 0.469 e. The van der Waals surface area contributed by atoms with Crippen LogP contribution in [0.15, 0.2) is 24.3 Å². The van der Waals surface area contributed by atoms with Gasteiger partial charge in [0.1, 0.15) is 5.82 Å². The Kier molecular flexibility index (Phi) is 4.95. The number of esters is 1. The minimum Gasteiger partial charge on any atom is -0.469 e. The fourth-order valence-electron chi connectivity index (χ4n) is 1.95. The quantitative estimate of drug-likeness (QED) is 0.792. The normalized spacial score (nSPS) is 12.3. The zero-order chi connectivity index (χ0) is 14.5. The predicted molar refractivity (Wildman–Crippen MR) is 81.7 cm³/mol. The Hall–Kier alpha value is -1.62. The number of hydrogen-bond donors (Lipinski definition) is 0. The van der Waals surface area contributed by atoms with Gasteiger partial charge in [0, 0.05) is 16.3 Å². The topological polar surface area (TPSA) is 52.1 Å². The summed E-state index contributed by atoms with van der Waals surface area (Å²) in [6.07, 6.45) is 0.410. The van der Waals surface area contributed by atoms with E-state index in [2.05, 4.69) is 14.7 Å². The number of carbonyl (C=O) groups excluding carboxylic acids is 1. The zero-order valence-corrected chi connectivity index (χ0v) is 12.7. The van der Waals surface area contributed by atoms with E-state index in [0.717, 1.165) is 22.4 Å². The Morgan fingerprint density at radius 2 is 2.10 bits per heavy atom. The van der Waals surface area contributed by atoms with Crippen molar-refractivity contribution in [1.29, 1.82) is 0 Å². The van der Waals surface area contributed by atoms with Gasteiger partial charge in [0.05, 0.1) is 24.8 Å². The van der Waals surface area contributed by atoms with Crippen LogP contribution in [0.4, 0.5) is 0 Å². The molecule has 0 spiro atoms. The molecule has 20 heavy (non-hydrogen) atoms. The number of rotatable bonds is 5. The number of aromatic nitrogens is 2. The van der Waals surface area contributed by atoms with Gasteiger partial charge < -0.3 is 4.74 Å². The molecule has 0 aliphatic rings. The SMILES string of the molecule is COC(=O)C[C@H](C)SCc1nc(C)c2ccccc2n1. The first kappa shape index (κ1) is 14.8. The fourth-order valence-corrected chi connectivity index (χ4v) is 2.77. The molecule has 0 radical (unpaired) electrons. The average Bonchev–Trinajstić information content (AvgIpc) is 2.45. The van der Waals surface area contributed by atoms with Crippen molar-refractivity contribution in [2.45, 2.75) is 31.3 Å². The molecule has 106 valence electrons. The molecule has 0 fully saturated rings. The molecule has 5 heteroatoms. The Morgan fingerprint density at radius 1 is 1.35 bits per heavy atom. The lowest BCUT2D eigenvalue weighted by atomic mass is 10.2. The lowest BCUT2D eigenvalue weighted by Gasteiger charge is -2.10. The highest BCUT2D eigenvalue weighted by Gasteiger charge is 2.11. The molecule has 1 aromatic carbocycles. The first-order valence-electron chi connectivity index (χ1n) is 6.51. The monoisotopic (exact) mass is 290 g/mol. The van der Waals surface area contributed by atoms with Crippen molar-refractivity contribution in [3.05, 3.63) is 35.8 Å². The summed E-state index contributed by atoms with van der Waals surface area (Å²) in [5.41, 5.74) is 1.96. The van der Waals surface area contributed by atoms with E-state index >= 15 is 0 Å². The smallest absolute Gasteiger partial charge is 0.306 e. The van der Waals surface area contributed by atoms with Crippen LogP contribution >= 0.6 is 11.8 Å². The Labute approximate surface area is 123 Å². The summed E-state index contributed by atoms with van der Waals surface area (Å²) in [6, 6.07) is 7.99. The molecule has 1 atom stereocenters. The van der Waals surface area contributed by atoms with Crippen LogP contribution in [-0.4, -0.2) is 28.3 Å². The van der Waals surface area contributed by atoms with Gasteiger partial charge in [-0.15, -0.1) is 0 Å². The molecule has 0 unspecified atom stereocenters. The molecular weight excluding hydrogens is 272 g/mol. The number of fused-ring (bicyclic) bond motifs is 1. The number of nitrogens with zero attached hydrogens (tertiary/aromatic N) is 2. The van der Waals surface area contributed by atoms with Crippen LogP contribution in [0.2, 0.25) is 0 Å². The lowest BCUT2D eigenvalue weighted by Crippen LogP contribution is -2.09. The van der Waals surface area contributed by atoms with Gasteiger partial charge in [0.25, 0.3) is 0 Å². The molecule has 0 amide bonds. The van der Waals surface area contributed by atoms with Crippen molar-refractivity contribution in [3.8, 4) is 0 Å². The first-order chi connectivity index (χ1) is 9.60. The van der Waals surface area contributed by atoms with Crippen LogP contribution in [0.3, 0.4) is 0 Å². The number of carbonyl (C=O) groups is 1. The number of ether oxygens (including phenoxy) is 1. The van der Waals surface area contributed by atoms with Crippen molar-refractivity contribution >= 4 is 28.6 Å². The Balaban J connectivity index is 2.05.